The van der Waals surface area contributed by atoms with E-state index in [1.807, 2.05) is 0 Å². The van der Waals surface area contributed by atoms with Gasteiger partial charge in [-0.3, -0.25) is 0 Å². The second kappa shape index (κ2) is 9.11. The van der Waals surface area contributed by atoms with Gasteiger partial charge >= 0.3 is 43.6 Å². The Morgan fingerprint density at radius 1 is 1.25 bits per heavy atom. The maximum Gasteiger partial charge on any atom is 0 e. The Morgan fingerprint density at radius 2 is 1.25 bits per heavy atom. The van der Waals surface area contributed by atoms with E-state index in [0.29, 0.717) is 0 Å². The van der Waals surface area contributed by atoms with Crippen LogP contribution in [0.5, 0.6) is 0 Å². The number of hydrogen-bond acceptors (Lipinski definition) is 0. The van der Waals surface area contributed by atoms with Gasteiger partial charge in [-0.1, -0.05) is 0 Å². The van der Waals surface area contributed by atoms with E-state index in [1.54, 1.807) is 0 Å². The summed E-state index contributed by atoms with van der Waals surface area (Å²) in [5, 5.41) is 0. The minimum Gasteiger partial charge on any atom is 0 e. The Morgan fingerprint density at radius 3 is 1.25 bits per heavy atom. The van der Waals surface area contributed by atoms with Crippen LogP contribution in [0.25, 0.3) is 0 Å². The van der Waals surface area contributed by atoms with Crippen LogP contribution < -0.4 is 0 Å². The second-order valence-corrected chi connectivity index (χ2v) is 3.75. The van der Waals surface area contributed by atoms with Crippen molar-refractivity contribution in [3.8, 4) is 0 Å². The van der Waals surface area contributed by atoms with Crippen LogP contribution >= 0.6 is 12.8 Å². The molecule has 0 saturated carbocycles. The number of halogens is 2. The first-order valence-corrected chi connectivity index (χ1v) is 6.61. The number of hydrogen-bond donors (Lipinski definition) is 0. The molecule has 0 aromatic heterocycles. The van der Waals surface area contributed by atoms with Gasteiger partial charge in [-0.05, 0) is 0 Å². The van der Waals surface area contributed by atoms with Crippen molar-refractivity contribution in [2.45, 2.75) is 0 Å². The predicted molar refractivity (Wildman–Crippen MR) is 17.5 cm³/mol. The minimum absolute atomic E-state index is 0. The second-order valence-electron chi connectivity index (χ2n) is 0.101. The SMILES string of the molecule is [Cl][Ca][Cl].[W]. The van der Waals surface area contributed by atoms with Gasteiger partial charge in [0, 0.05) is 21.1 Å². The molecule has 0 aliphatic rings. The Balaban J connectivity index is 0. The summed E-state index contributed by atoms with van der Waals surface area (Å²) in [5.74, 6) is 0. The van der Waals surface area contributed by atoms with Crippen molar-refractivity contribution in [2.24, 2.45) is 0 Å². The van der Waals surface area contributed by atoms with Gasteiger partial charge < -0.3 is 0 Å². The van der Waals surface area contributed by atoms with Gasteiger partial charge in [0.1, 0.15) is 0 Å². The Kier molecular flexibility index (Phi) is 22.1. The summed E-state index contributed by atoms with van der Waals surface area (Å²) in [7, 11) is 0. The van der Waals surface area contributed by atoms with Gasteiger partial charge in [0.05, 0.1) is 0 Å². The molecular weight excluding hydrogens is 295 g/mol. The summed E-state index contributed by atoms with van der Waals surface area (Å²) in [6.07, 6.45) is 9.90. The van der Waals surface area contributed by atoms with E-state index in [9.17, 15) is 0 Å². The van der Waals surface area contributed by atoms with Crippen molar-refractivity contribution in [3.05, 3.63) is 0 Å². The molecule has 0 bridgehead atoms. The summed E-state index contributed by atoms with van der Waals surface area (Å²) in [5.41, 5.74) is 0. The summed E-state index contributed by atoms with van der Waals surface area (Å²) < 4.78 is 0. The largest absolute Gasteiger partial charge is 0 e. The van der Waals surface area contributed by atoms with E-state index < -0.39 is 30.8 Å². The van der Waals surface area contributed by atoms with E-state index in [2.05, 4.69) is 0 Å². The fourth-order valence-corrected chi connectivity index (χ4v) is 0. The molecule has 4 heteroatoms. The monoisotopic (exact) mass is 294 g/mol. The standard InChI is InChI=1S/Ca.2ClH.W/h;2*1H;/q+2;;;/p-2. The molecule has 0 atom stereocenters. The molecule has 4 heavy (non-hydrogen) atoms. The van der Waals surface area contributed by atoms with Crippen LogP contribution in [0.15, 0.2) is 0 Å². The molecule has 0 spiro atoms. The molecular formula is CaCl2W. The molecule has 22 valence electrons. The predicted octanol–water partition coefficient (Wildman–Crippen LogP) is 0.996. The molecule has 0 unspecified atom stereocenters. The summed E-state index contributed by atoms with van der Waals surface area (Å²) in [6, 6.07) is 0. The van der Waals surface area contributed by atoms with Crippen LogP contribution in [0.4, 0.5) is 0 Å². The van der Waals surface area contributed by atoms with E-state index in [4.69, 9.17) is 12.8 Å². The van der Waals surface area contributed by atoms with Gasteiger partial charge in [0.15, 0.2) is 0 Å². The van der Waals surface area contributed by atoms with Gasteiger partial charge in [-0.2, -0.15) is 0 Å². The molecule has 0 aliphatic carbocycles. The summed E-state index contributed by atoms with van der Waals surface area (Å²) >= 11 is -0.931. The zero-order valence-corrected chi connectivity index (χ0v) is 8.52. The molecule has 0 radical (unpaired) electrons. The van der Waals surface area contributed by atoms with Gasteiger partial charge in [-0.25, -0.2) is 0 Å². The van der Waals surface area contributed by atoms with Crippen LogP contribution in [-0.4, -0.2) is 30.8 Å². The average molecular weight is 295 g/mol. The smallest absolute Gasteiger partial charge is 0 e. The Hall–Kier alpha value is 2.53. The van der Waals surface area contributed by atoms with E-state index in [1.165, 1.54) is 0 Å². The van der Waals surface area contributed by atoms with Crippen LogP contribution in [-0.2, 0) is 21.1 Å². The quantitative estimate of drug-likeness (QED) is 0.585. The molecule has 0 amide bonds. The molecule has 0 aromatic carbocycles. The van der Waals surface area contributed by atoms with Crippen molar-refractivity contribution in [1.29, 1.82) is 0 Å². The van der Waals surface area contributed by atoms with Gasteiger partial charge in [-0.15, -0.1) is 0 Å². The fourth-order valence-electron chi connectivity index (χ4n) is 0. The molecule has 0 fully saturated rings. The topological polar surface area (TPSA) is 0 Å². The molecule has 0 rings (SSSR count). The summed E-state index contributed by atoms with van der Waals surface area (Å²) in [6.45, 7) is 0. The van der Waals surface area contributed by atoms with Crippen molar-refractivity contribution in [2.75, 3.05) is 0 Å². The normalized spacial score (nSPS) is 2.50. The molecule has 0 aromatic rings. The molecule has 0 N–H and O–H groups in total. The Bertz CT molecular complexity index is 6.00. The molecule has 0 saturated heterocycles. The third-order valence-corrected chi connectivity index (χ3v) is 0. The van der Waals surface area contributed by atoms with Gasteiger partial charge in [0.2, 0.25) is 0 Å². The Labute approximate surface area is 63.2 Å². The van der Waals surface area contributed by atoms with Crippen molar-refractivity contribution in [1.82, 2.24) is 0 Å². The maximum absolute atomic E-state index is 4.95. The third kappa shape index (κ3) is 8.82. The van der Waals surface area contributed by atoms with E-state index >= 15 is 0 Å². The zero-order chi connectivity index (χ0) is 2.71. The van der Waals surface area contributed by atoms with Crippen LogP contribution in [0.1, 0.15) is 0 Å². The van der Waals surface area contributed by atoms with Crippen molar-refractivity contribution < 1.29 is 21.1 Å². The third-order valence-electron chi connectivity index (χ3n) is 0. The average Bonchev–Trinajstić information content (AvgIpc) is 0.918. The van der Waals surface area contributed by atoms with E-state index in [-0.39, 0.29) is 21.1 Å². The first kappa shape index (κ1) is 9.73. The van der Waals surface area contributed by atoms with Crippen LogP contribution in [0.2, 0.25) is 0 Å². The molecule has 0 aliphatic heterocycles. The summed E-state index contributed by atoms with van der Waals surface area (Å²) in [4.78, 5) is 0. The fraction of sp³-hybridized carbons (Fsp3) is 0. The zero-order valence-electron chi connectivity index (χ0n) is 1.87. The van der Waals surface area contributed by atoms with Crippen molar-refractivity contribution in [3.63, 3.8) is 0 Å². The maximum atomic E-state index is 4.95. The first-order chi connectivity index (χ1) is 1.41. The minimum atomic E-state index is -0.931. The van der Waals surface area contributed by atoms with Crippen LogP contribution in [0.3, 0.4) is 0 Å². The van der Waals surface area contributed by atoms with E-state index in [0.717, 1.165) is 0 Å². The van der Waals surface area contributed by atoms with Gasteiger partial charge in [0.25, 0.3) is 0 Å². The van der Waals surface area contributed by atoms with Crippen molar-refractivity contribution >= 4 is 43.6 Å². The first-order valence-electron chi connectivity index (χ1n) is 0.535. The molecule has 0 nitrogen and oxygen atoms in total. The van der Waals surface area contributed by atoms with Crippen LogP contribution in [0, 0.1) is 0 Å². The molecule has 0 heterocycles. The number of rotatable bonds is 0.